The highest BCUT2D eigenvalue weighted by atomic mass is 16.5. The number of nitrogens with zero attached hydrogens (tertiary/aromatic N) is 1. The first-order valence-corrected chi connectivity index (χ1v) is 10.8. The average Bonchev–Trinajstić information content (AvgIpc) is 2.82. The van der Waals surface area contributed by atoms with Gasteiger partial charge in [-0.2, -0.15) is 0 Å². The molecule has 166 valence electrons. The van der Waals surface area contributed by atoms with Crippen LogP contribution in [-0.2, 0) is 27.5 Å². The van der Waals surface area contributed by atoms with Crippen LogP contribution in [0.4, 0.5) is 0 Å². The molecule has 0 bridgehead atoms. The fourth-order valence-electron chi connectivity index (χ4n) is 3.73. The van der Waals surface area contributed by atoms with E-state index in [4.69, 9.17) is 14.2 Å². The molecular weight excluding hydrogens is 394 g/mol. The molecule has 1 fully saturated rings. The van der Waals surface area contributed by atoms with E-state index in [2.05, 4.69) is 0 Å². The van der Waals surface area contributed by atoms with Gasteiger partial charge in [0.1, 0.15) is 6.61 Å². The molecule has 0 aliphatic heterocycles. The molecule has 1 amide bonds. The number of benzene rings is 2. The molecule has 0 saturated heterocycles. The van der Waals surface area contributed by atoms with Crippen molar-refractivity contribution in [2.45, 2.75) is 45.3 Å². The second kappa shape index (κ2) is 11.4. The van der Waals surface area contributed by atoms with Crippen LogP contribution >= 0.6 is 0 Å². The van der Waals surface area contributed by atoms with Gasteiger partial charge >= 0.3 is 5.97 Å². The molecule has 0 aromatic heterocycles. The summed E-state index contributed by atoms with van der Waals surface area (Å²) in [5.41, 5.74) is 1.97. The van der Waals surface area contributed by atoms with Crippen LogP contribution in [0.25, 0.3) is 0 Å². The highest BCUT2D eigenvalue weighted by Crippen LogP contribution is 2.29. The number of esters is 1. The van der Waals surface area contributed by atoms with Crippen LogP contribution in [0.15, 0.2) is 48.5 Å². The lowest BCUT2D eigenvalue weighted by Crippen LogP contribution is -2.32. The summed E-state index contributed by atoms with van der Waals surface area (Å²) in [6.07, 6.45) is 5.01. The van der Waals surface area contributed by atoms with Crippen molar-refractivity contribution in [2.24, 2.45) is 5.92 Å². The van der Waals surface area contributed by atoms with Gasteiger partial charge in [0, 0.05) is 13.6 Å². The number of hydrogen-bond donors (Lipinski definition) is 0. The van der Waals surface area contributed by atoms with Gasteiger partial charge in [0.2, 0.25) is 0 Å². The van der Waals surface area contributed by atoms with Crippen LogP contribution in [0.3, 0.4) is 0 Å². The first-order valence-electron chi connectivity index (χ1n) is 10.8. The van der Waals surface area contributed by atoms with Crippen molar-refractivity contribution >= 4 is 11.9 Å². The minimum atomic E-state index is -0.247. The van der Waals surface area contributed by atoms with Crippen molar-refractivity contribution in [1.29, 1.82) is 0 Å². The number of carbonyl (C=O) groups is 2. The van der Waals surface area contributed by atoms with Gasteiger partial charge in [0.25, 0.3) is 5.91 Å². The predicted molar refractivity (Wildman–Crippen MR) is 118 cm³/mol. The fraction of sp³-hybridized carbons (Fsp3) is 0.440. The van der Waals surface area contributed by atoms with E-state index in [-0.39, 0.29) is 24.4 Å². The molecule has 2 aromatic carbocycles. The van der Waals surface area contributed by atoms with Crippen molar-refractivity contribution in [1.82, 2.24) is 4.90 Å². The number of likely N-dealkylation sites (N-methyl/N-ethyl adjacent to an activating group) is 1. The van der Waals surface area contributed by atoms with Crippen molar-refractivity contribution in [3.8, 4) is 11.5 Å². The summed E-state index contributed by atoms with van der Waals surface area (Å²) < 4.78 is 16.6. The summed E-state index contributed by atoms with van der Waals surface area (Å²) in [6.45, 7) is 0.609. The van der Waals surface area contributed by atoms with Crippen molar-refractivity contribution < 1.29 is 23.8 Å². The number of carbonyl (C=O) groups excluding carboxylic acids is 2. The SMILES string of the molecule is COc1cc(CN(C)C(=O)COC(=O)C2CCCCC2)ccc1OCc1ccccc1. The number of amides is 1. The number of hydrogen-bond acceptors (Lipinski definition) is 5. The van der Waals surface area contributed by atoms with Crippen LogP contribution in [0.2, 0.25) is 0 Å². The Balaban J connectivity index is 1.51. The summed E-state index contributed by atoms with van der Waals surface area (Å²) in [6, 6.07) is 15.5. The van der Waals surface area contributed by atoms with Crippen molar-refractivity contribution in [3.05, 3.63) is 59.7 Å². The Hall–Kier alpha value is -3.02. The topological polar surface area (TPSA) is 65.1 Å². The average molecular weight is 426 g/mol. The van der Waals surface area contributed by atoms with Gasteiger partial charge in [0.15, 0.2) is 18.1 Å². The number of ether oxygens (including phenoxy) is 3. The van der Waals surface area contributed by atoms with Crippen LogP contribution in [0.1, 0.15) is 43.2 Å². The Morgan fingerprint density at radius 1 is 0.968 bits per heavy atom. The van der Waals surface area contributed by atoms with E-state index in [9.17, 15) is 9.59 Å². The van der Waals surface area contributed by atoms with Crippen LogP contribution in [0.5, 0.6) is 11.5 Å². The highest BCUT2D eigenvalue weighted by molar-refractivity contribution is 5.81. The molecule has 0 atom stereocenters. The van der Waals surface area contributed by atoms with Crippen LogP contribution in [-0.4, -0.2) is 37.5 Å². The van der Waals surface area contributed by atoms with Crippen LogP contribution < -0.4 is 9.47 Å². The third kappa shape index (κ3) is 6.74. The first kappa shape index (κ1) is 22.7. The molecule has 1 aliphatic carbocycles. The highest BCUT2D eigenvalue weighted by Gasteiger charge is 2.23. The van der Waals surface area contributed by atoms with Gasteiger partial charge in [-0.15, -0.1) is 0 Å². The molecule has 0 N–H and O–H groups in total. The first-order chi connectivity index (χ1) is 15.1. The Labute approximate surface area is 184 Å². The maximum Gasteiger partial charge on any atom is 0.309 e. The van der Waals surface area contributed by atoms with E-state index < -0.39 is 0 Å². The quantitative estimate of drug-likeness (QED) is 0.559. The Kier molecular flexibility index (Phi) is 8.33. The molecule has 2 aromatic rings. The zero-order valence-corrected chi connectivity index (χ0v) is 18.3. The summed E-state index contributed by atoms with van der Waals surface area (Å²) in [5.74, 6) is 0.721. The van der Waals surface area contributed by atoms with Crippen molar-refractivity contribution in [3.63, 3.8) is 0 Å². The van der Waals surface area contributed by atoms with Gasteiger partial charge in [-0.05, 0) is 36.1 Å². The van der Waals surface area contributed by atoms with E-state index >= 15 is 0 Å². The standard InChI is InChI=1S/C25H31NO5/c1-26(24(27)18-31-25(28)21-11-7-4-8-12-21)16-20-13-14-22(23(15-20)29-2)30-17-19-9-5-3-6-10-19/h3,5-6,9-10,13-15,21H,4,7-8,11-12,16-18H2,1-2H3. The monoisotopic (exact) mass is 425 g/mol. The Bertz CT molecular complexity index is 861. The zero-order chi connectivity index (χ0) is 22.1. The lowest BCUT2D eigenvalue weighted by molar-refractivity contribution is -0.156. The molecule has 6 nitrogen and oxygen atoms in total. The third-order valence-corrected chi connectivity index (χ3v) is 5.59. The molecule has 0 radical (unpaired) electrons. The van der Waals surface area contributed by atoms with E-state index in [0.717, 1.165) is 36.8 Å². The zero-order valence-electron chi connectivity index (χ0n) is 18.3. The normalized spacial score (nSPS) is 14.0. The molecule has 31 heavy (non-hydrogen) atoms. The second-order valence-corrected chi connectivity index (χ2v) is 7.95. The molecular formula is C25H31NO5. The van der Waals surface area contributed by atoms with Gasteiger partial charge < -0.3 is 19.1 Å². The minimum Gasteiger partial charge on any atom is -0.493 e. The maximum atomic E-state index is 12.4. The van der Waals surface area contributed by atoms with E-state index in [1.165, 1.54) is 6.42 Å². The van der Waals surface area contributed by atoms with Gasteiger partial charge in [-0.25, -0.2) is 0 Å². The van der Waals surface area contributed by atoms with E-state index in [1.54, 1.807) is 19.1 Å². The Morgan fingerprint density at radius 2 is 1.71 bits per heavy atom. The smallest absolute Gasteiger partial charge is 0.309 e. The summed E-state index contributed by atoms with van der Waals surface area (Å²) >= 11 is 0. The van der Waals surface area contributed by atoms with Gasteiger partial charge in [-0.1, -0.05) is 55.7 Å². The molecule has 3 rings (SSSR count). The van der Waals surface area contributed by atoms with Crippen molar-refractivity contribution in [2.75, 3.05) is 20.8 Å². The summed E-state index contributed by atoms with van der Waals surface area (Å²) in [7, 11) is 3.29. The Morgan fingerprint density at radius 3 is 2.42 bits per heavy atom. The lowest BCUT2D eigenvalue weighted by Gasteiger charge is -2.21. The number of methoxy groups -OCH3 is 1. The van der Waals surface area contributed by atoms with Gasteiger partial charge in [0.05, 0.1) is 13.0 Å². The fourth-order valence-corrected chi connectivity index (χ4v) is 3.73. The predicted octanol–water partition coefficient (Wildman–Crippen LogP) is 4.36. The number of rotatable bonds is 9. The largest absolute Gasteiger partial charge is 0.493 e. The van der Waals surface area contributed by atoms with Gasteiger partial charge in [-0.3, -0.25) is 9.59 Å². The van der Waals surface area contributed by atoms with E-state index in [1.807, 2.05) is 48.5 Å². The maximum absolute atomic E-state index is 12.4. The minimum absolute atomic E-state index is 0.0560. The molecule has 0 spiro atoms. The molecule has 1 saturated carbocycles. The summed E-state index contributed by atoms with van der Waals surface area (Å²) in [4.78, 5) is 26.1. The molecule has 1 aliphatic rings. The van der Waals surface area contributed by atoms with Crippen LogP contribution in [0, 0.1) is 5.92 Å². The second-order valence-electron chi connectivity index (χ2n) is 7.95. The molecule has 0 heterocycles. The summed E-state index contributed by atoms with van der Waals surface area (Å²) in [5, 5.41) is 0. The molecule has 6 heteroatoms. The van der Waals surface area contributed by atoms with E-state index in [0.29, 0.717) is 24.7 Å². The third-order valence-electron chi connectivity index (χ3n) is 5.59. The lowest BCUT2D eigenvalue weighted by atomic mass is 9.89. The molecule has 0 unspecified atom stereocenters.